The van der Waals surface area contributed by atoms with Gasteiger partial charge in [0.15, 0.2) is 0 Å². The van der Waals surface area contributed by atoms with Gasteiger partial charge in [-0.05, 0) is 43.5 Å². The summed E-state index contributed by atoms with van der Waals surface area (Å²) in [5.41, 5.74) is 1.01. The van der Waals surface area contributed by atoms with Gasteiger partial charge in [0.2, 0.25) is 10.0 Å². The van der Waals surface area contributed by atoms with Gasteiger partial charge in [-0.3, -0.25) is 0 Å². The van der Waals surface area contributed by atoms with E-state index in [-0.39, 0.29) is 6.04 Å². The summed E-state index contributed by atoms with van der Waals surface area (Å²) in [6, 6.07) is 7.35. The molecule has 5 heteroatoms. The third-order valence-electron chi connectivity index (χ3n) is 3.81. The highest BCUT2D eigenvalue weighted by Gasteiger charge is 2.35. The van der Waals surface area contributed by atoms with E-state index < -0.39 is 10.0 Å². The zero-order valence-electron chi connectivity index (χ0n) is 12.5. The van der Waals surface area contributed by atoms with Crippen molar-refractivity contribution in [2.45, 2.75) is 44.7 Å². The molecule has 1 aromatic rings. The second-order valence-electron chi connectivity index (χ2n) is 5.69. The van der Waals surface area contributed by atoms with Gasteiger partial charge in [-0.1, -0.05) is 26.0 Å². The predicted octanol–water partition coefficient (Wildman–Crippen LogP) is 2.22. The molecule has 20 heavy (non-hydrogen) atoms. The number of hydrogen-bond acceptors (Lipinski definition) is 3. The number of nitrogens with zero attached hydrogens (tertiary/aromatic N) is 1. The Morgan fingerprint density at radius 1 is 1.35 bits per heavy atom. The molecular formula is C15H24N2O2S. The van der Waals surface area contributed by atoms with Crippen molar-refractivity contribution in [2.24, 2.45) is 5.92 Å². The molecule has 1 N–H and O–H groups in total. The topological polar surface area (TPSA) is 49.4 Å². The first-order valence-electron chi connectivity index (χ1n) is 7.26. The van der Waals surface area contributed by atoms with Crippen LogP contribution in [-0.2, 0) is 16.6 Å². The summed E-state index contributed by atoms with van der Waals surface area (Å²) in [4.78, 5) is 0.411. The Morgan fingerprint density at radius 3 is 2.70 bits per heavy atom. The number of nitrogens with one attached hydrogen (secondary N) is 1. The molecule has 2 atom stereocenters. The van der Waals surface area contributed by atoms with Crippen molar-refractivity contribution in [3.63, 3.8) is 0 Å². The fourth-order valence-electron chi connectivity index (χ4n) is 2.82. The number of benzene rings is 1. The van der Waals surface area contributed by atoms with Crippen molar-refractivity contribution < 1.29 is 8.42 Å². The maximum atomic E-state index is 12.7. The van der Waals surface area contributed by atoms with Crippen LogP contribution in [0.1, 0.15) is 32.8 Å². The molecule has 1 aromatic carbocycles. The molecule has 0 aliphatic carbocycles. The summed E-state index contributed by atoms with van der Waals surface area (Å²) in [6.45, 7) is 8.33. The average Bonchev–Trinajstić information content (AvgIpc) is 2.76. The van der Waals surface area contributed by atoms with Crippen LogP contribution < -0.4 is 5.32 Å². The average molecular weight is 296 g/mol. The quantitative estimate of drug-likeness (QED) is 0.906. The first kappa shape index (κ1) is 15.5. The second kappa shape index (κ2) is 6.24. The molecule has 1 saturated heterocycles. The van der Waals surface area contributed by atoms with Gasteiger partial charge in [0.25, 0.3) is 0 Å². The Hall–Kier alpha value is -0.910. The Kier molecular flexibility index (Phi) is 4.83. The molecule has 1 heterocycles. The van der Waals surface area contributed by atoms with Gasteiger partial charge in [0, 0.05) is 19.1 Å². The van der Waals surface area contributed by atoms with Gasteiger partial charge in [0.1, 0.15) is 0 Å². The minimum Gasteiger partial charge on any atom is -0.313 e. The number of sulfonamides is 1. The molecule has 2 unspecified atom stereocenters. The van der Waals surface area contributed by atoms with Crippen LogP contribution in [0.3, 0.4) is 0 Å². The summed E-state index contributed by atoms with van der Waals surface area (Å²) >= 11 is 0. The highest BCUT2D eigenvalue weighted by atomic mass is 32.2. The monoisotopic (exact) mass is 296 g/mol. The lowest BCUT2D eigenvalue weighted by Gasteiger charge is -2.21. The van der Waals surface area contributed by atoms with E-state index in [1.54, 1.807) is 16.4 Å². The summed E-state index contributed by atoms with van der Waals surface area (Å²) in [6.07, 6.45) is 0.941. The smallest absolute Gasteiger partial charge is 0.243 e. The highest BCUT2D eigenvalue weighted by molar-refractivity contribution is 7.89. The number of rotatable bonds is 5. The molecule has 1 aliphatic heterocycles. The Morgan fingerprint density at radius 2 is 2.10 bits per heavy atom. The molecule has 0 radical (unpaired) electrons. The van der Waals surface area contributed by atoms with E-state index in [2.05, 4.69) is 12.2 Å². The van der Waals surface area contributed by atoms with Crippen LogP contribution in [-0.4, -0.2) is 31.9 Å². The summed E-state index contributed by atoms with van der Waals surface area (Å²) in [5, 5.41) is 3.22. The molecule has 0 aromatic heterocycles. The highest BCUT2D eigenvalue weighted by Crippen LogP contribution is 2.29. The molecular weight excluding hydrogens is 272 g/mol. The molecule has 0 amide bonds. The van der Waals surface area contributed by atoms with Gasteiger partial charge in [-0.2, -0.15) is 4.31 Å². The fraction of sp³-hybridized carbons (Fsp3) is 0.600. The number of hydrogen-bond donors (Lipinski definition) is 1. The molecule has 1 fully saturated rings. The Balaban J connectivity index is 2.25. The van der Waals surface area contributed by atoms with E-state index in [0.29, 0.717) is 23.9 Å². The third kappa shape index (κ3) is 3.22. The predicted molar refractivity (Wildman–Crippen MR) is 81.0 cm³/mol. The van der Waals surface area contributed by atoms with E-state index in [1.807, 2.05) is 26.0 Å². The standard InChI is InChI=1S/C15H24N2O2S/c1-4-16-10-14-6-5-7-15(9-14)20(18,19)17-11-12(2)8-13(17)3/h5-7,9,12-13,16H,4,8,10-11H2,1-3H3. The molecule has 2 rings (SSSR count). The zero-order valence-corrected chi connectivity index (χ0v) is 13.3. The Labute approximate surface area is 122 Å². The minimum atomic E-state index is -3.36. The van der Waals surface area contributed by atoms with Gasteiger partial charge >= 0.3 is 0 Å². The van der Waals surface area contributed by atoms with Crippen molar-refractivity contribution in [2.75, 3.05) is 13.1 Å². The lowest BCUT2D eigenvalue weighted by molar-refractivity contribution is 0.405. The van der Waals surface area contributed by atoms with Crippen LogP contribution in [0.2, 0.25) is 0 Å². The lowest BCUT2D eigenvalue weighted by Crippen LogP contribution is -2.34. The van der Waals surface area contributed by atoms with Crippen molar-refractivity contribution in [3.8, 4) is 0 Å². The fourth-order valence-corrected chi connectivity index (χ4v) is 4.65. The van der Waals surface area contributed by atoms with Crippen LogP contribution in [0, 0.1) is 5.92 Å². The molecule has 0 bridgehead atoms. The normalized spacial score (nSPS) is 24.1. The first-order valence-corrected chi connectivity index (χ1v) is 8.70. The van der Waals surface area contributed by atoms with E-state index in [9.17, 15) is 8.42 Å². The van der Waals surface area contributed by atoms with E-state index >= 15 is 0 Å². The molecule has 0 spiro atoms. The van der Waals surface area contributed by atoms with Crippen LogP contribution >= 0.6 is 0 Å². The SMILES string of the molecule is CCNCc1cccc(S(=O)(=O)N2CC(C)CC2C)c1. The molecule has 0 saturated carbocycles. The van der Waals surface area contributed by atoms with Crippen molar-refractivity contribution in [1.82, 2.24) is 9.62 Å². The van der Waals surface area contributed by atoms with Gasteiger partial charge in [-0.15, -0.1) is 0 Å². The molecule has 4 nitrogen and oxygen atoms in total. The maximum Gasteiger partial charge on any atom is 0.243 e. The Bertz CT molecular complexity index is 557. The van der Waals surface area contributed by atoms with Gasteiger partial charge in [0.05, 0.1) is 4.90 Å². The van der Waals surface area contributed by atoms with E-state index in [4.69, 9.17) is 0 Å². The second-order valence-corrected chi connectivity index (χ2v) is 7.58. The summed E-state index contributed by atoms with van der Waals surface area (Å²) in [7, 11) is -3.36. The largest absolute Gasteiger partial charge is 0.313 e. The first-order chi connectivity index (χ1) is 9.45. The van der Waals surface area contributed by atoms with Gasteiger partial charge < -0.3 is 5.32 Å². The third-order valence-corrected chi connectivity index (χ3v) is 5.79. The molecule has 112 valence electrons. The van der Waals surface area contributed by atoms with Crippen molar-refractivity contribution in [3.05, 3.63) is 29.8 Å². The van der Waals surface area contributed by atoms with Crippen molar-refractivity contribution in [1.29, 1.82) is 0 Å². The zero-order chi connectivity index (χ0) is 14.8. The van der Waals surface area contributed by atoms with Crippen molar-refractivity contribution >= 4 is 10.0 Å². The summed E-state index contributed by atoms with van der Waals surface area (Å²) in [5.74, 6) is 0.435. The summed E-state index contributed by atoms with van der Waals surface area (Å²) < 4.78 is 27.1. The maximum absolute atomic E-state index is 12.7. The minimum absolute atomic E-state index is 0.0902. The van der Waals surface area contributed by atoms with E-state index in [1.165, 1.54) is 0 Å². The van der Waals surface area contributed by atoms with E-state index in [0.717, 1.165) is 18.5 Å². The lowest BCUT2D eigenvalue weighted by atomic mass is 10.1. The van der Waals surface area contributed by atoms with Crippen LogP contribution in [0.25, 0.3) is 0 Å². The van der Waals surface area contributed by atoms with Crippen LogP contribution in [0.5, 0.6) is 0 Å². The van der Waals surface area contributed by atoms with Crippen LogP contribution in [0.15, 0.2) is 29.2 Å². The van der Waals surface area contributed by atoms with Crippen LogP contribution in [0.4, 0.5) is 0 Å². The molecule has 1 aliphatic rings. The van der Waals surface area contributed by atoms with Gasteiger partial charge in [-0.25, -0.2) is 8.42 Å².